The summed E-state index contributed by atoms with van der Waals surface area (Å²) in [7, 11) is -3.19. The number of halogens is 1. The molecule has 2 aromatic rings. The maximum absolute atomic E-state index is 13.5. The Kier molecular flexibility index (Phi) is 5.88. The number of carbonyl (C=O) groups is 1. The van der Waals surface area contributed by atoms with E-state index in [4.69, 9.17) is 4.74 Å². The average Bonchev–Trinajstić information content (AvgIpc) is 2.60. The van der Waals surface area contributed by atoms with Crippen LogP contribution in [0.3, 0.4) is 0 Å². The predicted octanol–water partition coefficient (Wildman–Crippen LogP) is 2.18. The standard InChI is InChI=1S/C16H15FN2O6S/c1-25-12-7-8-15(14(10-12)19(21)22)26(23,24)18-16(20)9-6-11-4-2-3-5-13(11)17/h2-5,7-8,10H,6,9H2,1H3,(H,18,20). The molecule has 10 heteroatoms. The normalized spacial score (nSPS) is 11.0. The van der Waals surface area contributed by atoms with E-state index in [1.807, 2.05) is 0 Å². The van der Waals surface area contributed by atoms with Gasteiger partial charge in [0.25, 0.3) is 15.7 Å². The van der Waals surface area contributed by atoms with E-state index in [0.717, 1.165) is 12.1 Å². The predicted molar refractivity (Wildman–Crippen MR) is 89.7 cm³/mol. The third kappa shape index (κ3) is 4.54. The molecule has 0 aliphatic heterocycles. The number of nitro groups is 1. The number of benzene rings is 2. The van der Waals surface area contributed by atoms with E-state index in [1.165, 1.54) is 31.4 Å². The van der Waals surface area contributed by atoms with Crippen molar-refractivity contribution in [1.29, 1.82) is 0 Å². The van der Waals surface area contributed by atoms with E-state index in [1.54, 1.807) is 10.8 Å². The molecule has 138 valence electrons. The van der Waals surface area contributed by atoms with E-state index < -0.39 is 37.3 Å². The van der Waals surface area contributed by atoms with Crippen molar-refractivity contribution in [2.75, 3.05) is 7.11 Å². The van der Waals surface area contributed by atoms with Gasteiger partial charge in [-0.15, -0.1) is 0 Å². The van der Waals surface area contributed by atoms with Gasteiger partial charge in [0, 0.05) is 6.42 Å². The van der Waals surface area contributed by atoms with Crippen LogP contribution in [0.25, 0.3) is 0 Å². The van der Waals surface area contributed by atoms with Crippen molar-refractivity contribution < 1.29 is 27.3 Å². The number of rotatable bonds is 7. The van der Waals surface area contributed by atoms with Gasteiger partial charge < -0.3 is 4.74 Å². The third-order valence-electron chi connectivity index (χ3n) is 3.48. The zero-order valence-electron chi connectivity index (χ0n) is 13.6. The smallest absolute Gasteiger partial charge is 0.293 e. The molecule has 0 radical (unpaired) electrons. The number of nitro benzene ring substituents is 1. The molecule has 0 saturated carbocycles. The fraction of sp³-hybridized carbons (Fsp3) is 0.188. The van der Waals surface area contributed by atoms with Gasteiger partial charge in [0.1, 0.15) is 11.6 Å². The molecule has 0 unspecified atom stereocenters. The lowest BCUT2D eigenvalue weighted by atomic mass is 10.1. The molecule has 1 amide bonds. The summed E-state index contributed by atoms with van der Waals surface area (Å²) in [6, 6.07) is 8.93. The number of ether oxygens (including phenoxy) is 1. The van der Waals surface area contributed by atoms with Gasteiger partial charge in [-0.2, -0.15) is 0 Å². The number of nitrogens with one attached hydrogen (secondary N) is 1. The Morgan fingerprint density at radius 1 is 1.27 bits per heavy atom. The molecule has 0 heterocycles. The highest BCUT2D eigenvalue weighted by atomic mass is 32.2. The number of amides is 1. The first-order chi connectivity index (χ1) is 12.2. The quantitative estimate of drug-likeness (QED) is 0.580. The second-order valence-corrected chi connectivity index (χ2v) is 6.86. The molecule has 2 rings (SSSR count). The average molecular weight is 382 g/mol. The fourth-order valence-corrected chi connectivity index (χ4v) is 3.37. The van der Waals surface area contributed by atoms with Crippen LogP contribution >= 0.6 is 0 Å². The Morgan fingerprint density at radius 3 is 2.58 bits per heavy atom. The van der Waals surface area contributed by atoms with Crippen LogP contribution in [0.1, 0.15) is 12.0 Å². The van der Waals surface area contributed by atoms with Crippen molar-refractivity contribution in [3.05, 3.63) is 64.0 Å². The van der Waals surface area contributed by atoms with Gasteiger partial charge in [0.15, 0.2) is 4.90 Å². The summed E-state index contributed by atoms with van der Waals surface area (Å²) < 4.78 is 44.7. The molecule has 0 aromatic heterocycles. The van der Waals surface area contributed by atoms with Crippen LogP contribution in [-0.2, 0) is 21.2 Å². The Morgan fingerprint density at radius 2 is 1.96 bits per heavy atom. The van der Waals surface area contributed by atoms with Crippen LogP contribution < -0.4 is 9.46 Å². The van der Waals surface area contributed by atoms with Gasteiger partial charge >= 0.3 is 0 Å². The molecule has 1 N–H and O–H groups in total. The minimum atomic E-state index is -4.47. The van der Waals surface area contributed by atoms with Crippen LogP contribution in [0.15, 0.2) is 47.4 Å². The van der Waals surface area contributed by atoms with Crippen molar-refractivity contribution in [1.82, 2.24) is 4.72 Å². The lowest BCUT2D eigenvalue weighted by Crippen LogP contribution is -2.31. The molecule has 2 aromatic carbocycles. The fourth-order valence-electron chi connectivity index (χ4n) is 2.20. The van der Waals surface area contributed by atoms with Crippen molar-refractivity contribution in [2.45, 2.75) is 17.7 Å². The maximum Gasteiger partial charge on any atom is 0.293 e. The van der Waals surface area contributed by atoms with Crippen molar-refractivity contribution in [3.8, 4) is 5.75 Å². The second-order valence-electron chi connectivity index (χ2n) is 5.21. The molecule has 0 aliphatic rings. The highest BCUT2D eigenvalue weighted by Crippen LogP contribution is 2.28. The number of nitrogens with zero attached hydrogens (tertiary/aromatic N) is 1. The van der Waals surface area contributed by atoms with Gasteiger partial charge in [0.2, 0.25) is 5.91 Å². The molecule has 0 bridgehead atoms. The Hall–Kier alpha value is -3.01. The molecule has 26 heavy (non-hydrogen) atoms. The molecular weight excluding hydrogens is 367 g/mol. The summed E-state index contributed by atoms with van der Waals surface area (Å²) in [4.78, 5) is 21.5. The molecule has 0 saturated heterocycles. The van der Waals surface area contributed by atoms with Gasteiger partial charge in [-0.25, -0.2) is 17.5 Å². The summed E-state index contributed by atoms with van der Waals surface area (Å²) in [5.41, 5.74) is -0.464. The molecule has 0 aliphatic carbocycles. The van der Waals surface area contributed by atoms with E-state index in [-0.39, 0.29) is 24.2 Å². The number of carbonyl (C=O) groups excluding carboxylic acids is 1. The largest absolute Gasteiger partial charge is 0.497 e. The third-order valence-corrected chi connectivity index (χ3v) is 4.90. The molecular formula is C16H15FN2O6S. The van der Waals surface area contributed by atoms with E-state index in [9.17, 15) is 27.7 Å². The van der Waals surface area contributed by atoms with E-state index in [0.29, 0.717) is 0 Å². The highest BCUT2D eigenvalue weighted by molar-refractivity contribution is 7.90. The Balaban J connectivity index is 2.17. The highest BCUT2D eigenvalue weighted by Gasteiger charge is 2.28. The zero-order valence-corrected chi connectivity index (χ0v) is 14.5. The van der Waals surface area contributed by atoms with Crippen LogP contribution in [0.4, 0.5) is 10.1 Å². The number of hydrogen-bond donors (Lipinski definition) is 1. The van der Waals surface area contributed by atoms with Crippen LogP contribution in [0.2, 0.25) is 0 Å². The molecule has 0 spiro atoms. The molecule has 0 atom stereocenters. The summed E-state index contributed by atoms with van der Waals surface area (Å²) in [6.07, 6.45) is -0.317. The van der Waals surface area contributed by atoms with Crippen LogP contribution in [0, 0.1) is 15.9 Å². The number of methoxy groups -OCH3 is 1. The van der Waals surface area contributed by atoms with Gasteiger partial charge in [-0.1, -0.05) is 18.2 Å². The zero-order chi connectivity index (χ0) is 19.3. The Labute approximate surface area is 148 Å². The molecule has 8 nitrogen and oxygen atoms in total. The summed E-state index contributed by atoms with van der Waals surface area (Å²) in [5.74, 6) is -1.31. The first kappa shape index (κ1) is 19.3. The monoisotopic (exact) mass is 382 g/mol. The van der Waals surface area contributed by atoms with E-state index in [2.05, 4.69) is 0 Å². The first-order valence-corrected chi connectivity index (χ1v) is 8.84. The topological polar surface area (TPSA) is 116 Å². The first-order valence-electron chi connectivity index (χ1n) is 7.36. The van der Waals surface area contributed by atoms with Crippen molar-refractivity contribution >= 4 is 21.6 Å². The molecule has 0 fully saturated rings. The number of aryl methyl sites for hydroxylation is 1. The number of hydrogen-bond acceptors (Lipinski definition) is 6. The minimum absolute atomic E-state index is 0.0151. The van der Waals surface area contributed by atoms with Crippen LogP contribution in [0.5, 0.6) is 5.75 Å². The summed E-state index contributed by atoms with van der Waals surface area (Å²) in [6.45, 7) is 0. The van der Waals surface area contributed by atoms with E-state index >= 15 is 0 Å². The van der Waals surface area contributed by atoms with Crippen molar-refractivity contribution in [2.24, 2.45) is 0 Å². The number of sulfonamides is 1. The van der Waals surface area contributed by atoms with Gasteiger partial charge in [0.05, 0.1) is 18.1 Å². The lowest BCUT2D eigenvalue weighted by Gasteiger charge is -2.09. The maximum atomic E-state index is 13.5. The summed E-state index contributed by atoms with van der Waals surface area (Å²) in [5, 5.41) is 11.1. The Bertz CT molecular complexity index is 946. The lowest BCUT2D eigenvalue weighted by molar-refractivity contribution is -0.387. The summed E-state index contributed by atoms with van der Waals surface area (Å²) >= 11 is 0. The minimum Gasteiger partial charge on any atom is -0.497 e. The SMILES string of the molecule is COc1ccc(S(=O)(=O)NC(=O)CCc2ccccc2F)c([N+](=O)[O-])c1. The van der Waals surface area contributed by atoms with Crippen molar-refractivity contribution in [3.63, 3.8) is 0 Å². The van der Waals surface area contributed by atoms with Gasteiger partial charge in [-0.3, -0.25) is 14.9 Å². The van der Waals surface area contributed by atoms with Crippen LogP contribution in [-0.4, -0.2) is 26.4 Å². The second kappa shape index (κ2) is 7.91. The van der Waals surface area contributed by atoms with Gasteiger partial charge in [-0.05, 0) is 30.2 Å².